The molecule has 0 fully saturated rings. The van der Waals surface area contributed by atoms with Crippen LogP contribution in [0.4, 0.5) is 0 Å². The van der Waals surface area contributed by atoms with E-state index in [1.807, 2.05) is 13.8 Å². The summed E-state index contributed by atoms with van der Waals surface area (Å²) in [6.45, 7) is 6.58. The molecule has 0 rings (SSSR count). The van der Waals surface area contributed by atoms with Crippen LogP contribution in [0.3, 0.4) is 0 Å². The van der Waals surface area contributed by atoms with E-state index in [9.17, 15) is 0 Å². The van der Waals surface area contributed by atoms with E-state index >= 15 is 0 Å². The molecule has 0 radical (unpaired) electrons. The summed E-state index contributed by atoms with van der Waals surface area (Å²) < 4.78 is 0. The second kappa shape index (κ2) is 6.65. The highest BCUT2D eigenvalue weighted by molar-refractivity contribution is 14.0. The van der Waals surface area contributed by atoms with Crippen LogP contribution < -0.4 is 5.73 Å². The molecule has 0 heterocycles. The van der Waals surface area contributed by atoms with Gasteiger partial charge in [0.05, 0.1) is 12.4 Å². The zero-order chi connectivity index (χ0) is 8.91. The van der Waals surface area contributed by atoms with Gasteiger partial charge in [-0.2, -0.15) is 0 Å². The average Bonchev–Trinajstić information content (AvgIpc) is 2.00. The van der Waals surface area contributed by atoms with E-state index in [1.165, 1.54) is 0 Å². The van der Waals surface area contributed by atoms with Crippen molar-refractivity contribution in [3.05, 3.63) is 0 Å². The fraction of sp³-hybridized carbons (Fsp3) is 0.875. The van der Waals surface area contributed by atoms with Crippen molar-refractivity contribution in [2.75, 3.05) is 13.2 Å². The SMILES string of the molecule is CCC(C)(CO)CN=C(C)N.I. The lowest BCUT2D eigenvalue weighted by molar-refractivity contribution is 0.146. The Bertz CT molecular complexity index is 140. The fourth-order valence-corrected chi connectivity index (χ4v) is 0.589. The van der Waals surface area contributed by atoms with Crippen molar-refractivity contribution >= 4 is 29.8 Å². The summed E-state index contributed by atoms with van der Waals surface area (Å²) in [7, 11) is 0. The van der Waals surface area contributed by atoms with Gasteiger partial charge in [-0.25, -0.2) is 0 Å². The molecule has 0 bridgehead atoms. The maximum Gasteiger partial charge on any atom is 0.0905 e. The second-order valence-electron chi connectivity index (χ2n) is 3.28. The summed E-state index contributed by atoms with van der Waals surface area (Å²) in [5.74, 6) is 0.582. The first-order chi connectivity index (χ1) is 5.04. The first kappa shape index (κ1) is 14.7. The fourth-order valence-electron chi connectivity index (χ4n) is 0.589. The number of hydrogen-bond donors (Lipinski definition) is 2. The lowest BCUT2D eigenvalue weighted by atomic mass is 9.89. The number of aliphatic hydroxyl groups is 1. The van der Waals surface area contributed by atoms with Crippen LogP contribution in [0, 0.1) is 5.41 Å². The minimum atomic E-state index is -0.0966. The summed E-state index contributed by atoms with van der Waals surface area (Å²) in [4.78, 5) is 4.07. The van der Waals surface area contributed by atoms with Gasteiger partial charge in [0.2, 0.25) is 0 Å². The average molecular weight is 286 g/mol. The van der Waals surface area contributed by atoms with Crippen LogP contribution in [0.25, 0.3) is 0 Å². The van der Waals surface area contributed by atoms with Crippen molar-refractivity contribution in [1.82, 2.24) is 0 Å². The van der Waals surface area contributed by atoms with Gasteiger partial charge >= 0.3 is 0 Å². The molecule has 3 N–H and O–H groups in total. The predicted molar refractivity (Wildman–Crippen MR) is 63.1 cm³/mol. The van der Waals surface area contributed by atoms with Gasteiger partial charge in [-0.3, -0.25) is 4.99 Å². The van der Waals surface area contributed by atoms with Crippen molar-refractivity contribution in [2.45, 2.75) is 27.2 Å². The standard InChI is InChI=1S/C8H18N2O.HI/c1-4-8(3,6-11)5-10-7(2)9;/h11H,4-6H2,1-3H3,(H2,9,10);1H. The molecule has 0 saturated carbocycles. The second-order valence-corrected chi connectivity index (χ2v) is 3.28. The normalized spacial score (nSPS) is 16.5. The highest BCUT2D eigenvalue weighted by atomic mass is 127. The molecule has 12 heavy (non-hydrogen) atoms. The smallest absolute Gasteiger partial charge is 0.0905 e. The van der Waals surface area contributed by atoms with Crippen molar-refractivity contribution < 1.29 is 5.11 Å². The molecule has 74 valence electrons. The minimum Gasteiger partial charge on any atom is -0.396 e. The summed E-state index contributed by atoms with van der Waals surface area (Å²) in [6, 6.07) is 0. The van der Waals surface area contributed by atoms with Gasteiger partial charge < -0.3 is 10.8 Å². The van der Waals surface area contributed by atoms with Crippen LogP contribution in [0.15, 0.2) is 4.99 Å². The molecule has 1 unspecified atom stereocenters. The summed E-state index contributed by atoms with van der Waals surface area (Å²) in [6.07, 6.45) is 0.917. The molecule has 1 atom stereocenters. The van der Waals surface area contributed by atoms with Gasteiger partial charge in [0, 0.05) is 12.0 Å². The Morgan fingerprint density at radius 3 is 2.33 bits per heavy atom. The first-order valence-corrected chi connectivity index (χ1v) is 3.91. The van der Waals surface area contributed by atoms with E-state index in [-0.39, 0.29) is 36.0 Å². The first-order valence-electron chi connectivity index (χ1n) is 3.91. The third-order valence-electron chi connectivity index (χ3n) is 1.95. The third kappa shape index (κ3) is 5.77. The molecular formula is C8H19IN2O. The Balaban J connectivity index is 0. The zero-order valence-corrected chi connectivity index (χ0v) is 10.3. The van der Waals surface area contributed by atoms with Crippen molar-refractivity contribution in [2.24, 2.45) is 16.1 Å². The van der Waals surface area contributed by atoms with Crippen LogP contribution in [-0.4, -0.2) is 24.1 Å². The largest absolute Gasteiger partial charge is 0.396 e. The van der Waals surface area contributed by atoms with Gasteiger partial charge in [0.25, 0.3) is 0 Å². The van der Waals surface area contributed by atoms with E-state index in [4.69, 9.17) is 10.8 Å². The molecule has 0 aromatic heterocycles. The van der Waals surface area contributed by atoms with Gasteiger partial charge in [-0.1, -0.05) is 13.8 Å². The number of amidine groups is 1. The monoisotopic (exact) mass is 286 g/mol. The molecule has 0 aliphatic carbocycles. The summed E-state index contributed by atoms with van der Waals surface area (Å²) in [5, 5.41) is 8.99. The molecule has 0 aliphatic rings. The van der Waals surface area contributed by atoms with E-state index in [0.717, 1.165) is 6.42 Å². The Morgan fingerprint density at radius 1 is 1.58 bits per heavy atom. The van der Waals surface area contributed by atoms with Crippen molar-refractivity contribution in [3.63, 3.8) is 0 Å². The van der Waals surface area contributed by atoms with Crippen LogP contribution in [0.1, 0.15) is 27.2 Å². The highest BCUT2D eigenvalue weighted by Crippen LogP contribution is 2.19. The number of halogens is 1. The lowest BCUT2D eigenvalue weighted by Crippen LogP contribution is -2.25. The predicted octanol–water partition coefficient (Wildman–Crippen LogP) is 1.39. The number of nitrogens with two attached hydrogens (primary N) is 1. The molecular weight excluding hydrogens is 267 g/mol. The van der Waals surface area contributed by atoms with Gasteiger partial charge in [-0.05, 0) is 13.3 Å². The molecule has 0 spiro atoms. The number of nitrogens with zero attached hydrogens (tertiary/aromatic N) is 1. The molecule has 0 saturated heterocycles. The molecule has 3 nitrogen and oxygen atoms in total. The number of rotatable bonds is 4. The number of aliphatic hydroxyl groups excluding tert-OH is 1. The number of hydrogen-bond acceptors (Lipinski definition) is 2. The zero-order valence-electron chi connectivity index (χ0n) is 8.00. The third-order valence-corrected chi connectivity index (χ3v) is 1.95. The maximum absolute atomic E-state index is 8.99. The van der Waals surface area contributed by atoms with E-state index in [1.54, 1.807) is 6.92 Å². The summed E-state index contributed by atoms with van der Waals surface area (Å²) in [5.41, 5.74) is 5.28. The molecule has 0 aliphatic heterocycles. The topological polar surface area (TPSA) is 58.6 Å². The molecule has 0 amide bonds. The van der Waals surface area contributed by atoms with Crippen LogP contribution in [-0.2, 0) is 0 Å². The Morgan fingerprint density at radius 2 is 2.08 bits per heavy atom. The number of aliphatic imine (C=N–C) groups is 1. The van der Waals surface area contributed by atoms with Gasteiger partial charge in [0.15, 0.2) is 0 Å². The van der Waals surface area contributed by atoms with Gasteiger partial charge in [0.1, 0.15) is 0 Å². The lowest BCUT2D eigenvalue weighted by Gasteiger charge is -2.22. The van der Waals surface area contributed by atoms with E-state index in [0.29, 0.717) is 12.4 Å². The van der Waals surface area contributed by atoms with E-state index in [2.05, 4.69) is 4.99 Å². The Labute approximate surface area is 91.5 Å². The van der Waals surface area contributed by atoms with Crippen LogP contribution in [0.2, 0.25) is 0 Å². The maximum atomic E-state index is 8.99. The summed E-state index contributed by atoms with van der Waals surface area (Å²) >= 11 is 0. The minimum absolute atomic E-state index is 0. The quantitative estimate of drug-likeness (QED) is 0.466. The van der Waals surface area contributed by atoms with Crippen molar-refractivity contribution in [1.29, 1.82) is 0 Å². The van der Waals surface area contributed by atoms with Gasteiger partial charge in [-0.15, -0.1) is 24.0 Å². The molecule has 0 aromatic rings. The van der Waals surface area contributed by atoms with Crippen LogP contribution >= 0.6 is 24.0 Å². The van der Waals surface area contributed by atoms with Crippen LogP contribution in [0.5, 0.6) is 0 Å². The Hall–Kier alpha value is 0.160. The molecule has 4 heteroatoms. The Kier molecular flexibility index (Phi) is 8.13. The van der Waals surface area contributed by atoms with E-state index < -0.39 is 0 Å². The molecule has 0 aromatic carbocycles. The highest BCUT2D eigenvalue weighted by Gasteiger charge is 2.19. The van der Waals surface area contributed by atoms with Crippen molar-refractivity contribution in [3.8, 4) is 0 Å².